The van der Waals surface area contributed by atoms with Crippen molar-refractivity contribution in [2.75, 3.05) is 0 Å². The fraction of sp³-hybridized carbons (Fsp3) is 0.333. The summed E-state index contributed by atoms with van der Waals surface area (Å²) in [7, 11) is 0. The van der Waals surface area contributed by atoms with Crippen molar-refractivity contribution in [1.29, 1.82) is 0 Å². The van der Waals surface area contributed by atoms with E-state index in [1.165, 1.54) is 16.7 Å². The van der Waals surface area contributed by atoms with E-state index in [1.807, 2.05) is 0 Å². The van der Waals surface area contributed by atoms with Crippen LogP contribution >= 0.6 is 0 Å². The molecule has 1 aromatic carbocycles. The SMILES string of the molecule is CC1=Cc2ccccc2/C=C\C(C)(C)C1. The number of rotatable bonds is 0. The van der Waals surface area contributed by atoms with Crippen LogP contribution in [0.25, 0.3) is 12.2 Å². The largest absolute Gasteiger partial charge is 0.0779 e. The van der Waals surface area contributed by atoms with E-state index in [0.717, 1.165) is 6.42 Å². The van der Waals surface area contributed by atoms with E-state index in [4.69, 9.17) is 0 Å². The van der Waals surface area contributed by atoms with E-state index in [0.29, 0.717) is 0 Å². The van der Waals surface area contributed by atoms with Gasteiger partial charge >= 0.3 is 0 Å². The maximum atomic E-state index is 2.32. The van der Waals surface area contributed by atoms with Gasteiger partial charge in [-0.2, -0.15) is 0 Å². The number of benzene rings is 1. The van der Waals surface area contributed by atoms with Gasteiger partial charge in [-0.3, -0.25) is 0 Å². The molecule has 0 unspecified atom stereocenters. The highest BCUT2D eigenvalue weighted by Crippen LogP contribution is 2.31. The molecule has 0 amide bonds. The third kappa shape index (κ3) is 2.38. The Balaban J connectivity index is 2.52. The second-order valence-corrected chi connectivity index (χ2v) is 5.12. The molecular formula is C15H18. The molecule has 0 aliphatic heterocycles. The quantitative estimate of drug-likeness (QED) is 0.574. The van der Waals surface area contributed by atoms with Gasteiger partial charge in [0.15, 0.2) is 0 Å². The number of hydrogen-bond donors (Lipinski definition) is 0. The smallest absolute Gasteiger partial charge is 0.0134 e. The Hall–Kier alpha value is -1.30. The molecule has 0 N–H and O–H groups in total. The minimum absolute atomic E-state index is 0.272. The summed E-state index contributed by atoms with van der Waals surface area (Å²) in [5, 5.41) is 0. The first-order valence-corrected chi connectivity index (χ1v) is 5.52. The molecule has 1 aromatic rings. The Morgan fingerprint density at radius 1 is 1.07 bits per heavy atom. The highest BCUT2D eigenvalue weighted by molar-refractivity contribution is 5.67. The van der Waals surface area contributed by atoms with E-state index >= 15 is 0 Å². The number of allylic oxidation sites excluding steroid dienone is 2. The lowest BCUT2D eigenvalue weighted by Crippen LogP contribution is -2.08. The zero-order chi connectivity index (χ0) is 10.9. The molecule has 0 saturated carbocycles. The van der Waals surface area contributed by atoms with E-state index in [2.05, 4.69) is 63.3 Å². The summed E-state index contributed by atoms with van der Waals surface area (Å²) in [6.07, 6.45) is 8.01. The fourth-order valence-electron chi connectivity index (χ4n) is 2.20. The van der Waals surface area contributed by atoms with E-state index in [-0.39, 0.29) is 5.41 Å². The lowest BCUT2D eigenvalue weighted by atomic mass is 9.83. The standard InChI is InChI=1S/C15H18/c1-12-10-14-7-5-4-6-13(14)8-9-15(2,3)11-12/h4-10H,11H2,1-3H3/b9-8-,12-10?. The molecule has 0 radical (unpaired) electrons. The molecule has 78 valence electrons. The maximum absolute atomic E-state index is 2.32. The van der Waals surface area contributed by atoms with Crippen LogP contribution in [-0.4, -0.2) is 0 Å². The second kappa shape index (κ2) is 3.69. The predicted molar refractivity (Wildman–Crippen MR) is 67.5 cm³/mol. The van der Waals surface area contributed by atoms with Crippen LogP contribution in [0.5, 0.6) is 0 Å². The summed E-state index contributed by atoms with van der Waals surface area (Å²) in [6.45, 7) is 6.79. The van der Waals surface area contributed by atoms with Crippen molar-refractivity contribution in [2.24, 2.45) is 5.41 Å². The number of hydrogen-bond acceptors (Lipinski definition) is 0. The molecule has 0 bridgehead atoms. The zero-order valence-electron chi connectivity index (χ0n) is 9.75. The van der Waals surface area contributed by atoms with Crippen molar-refractivity contribution in [3.63, 3.8) is 0 Å². The van der Waals surface area contributed by atoms with Crippen molar-refractivity contribution < 1.29 is 0 Å². The molecule has 0 heterocycles. The number of fused-ring (bicyclic) bond motifs is 1. The maximum Gasteiger partial charge on any atom is -0.0134 e. The van der Waals surface area contributed by atoms with Gasteiger partial charge < -0.3 is 0 Å². The molecule has 0 atom stereocenters. The van der Waals surface area contributed by atoms with Crippen molar-refractivity contribution >= 4 is 12.2 Å². The van der Waals surface area contributed by atoms with Crippen molar-refractivity contribution in [2.45, 2.75) is 27.2 Å². The summed E-state index contributed by atoms with van der Waals surface area (Å²) in [6, 6.07) is 8.56. The van der Waals surface area contributed by atoms with Gasteiger partial charge in [-0.15, -0.1) is 0 Å². The third-order valence-corrected chi connectivity index (χ3v) is 2.85. The highest BCUT2D eigenvalue weighted by atomic mass is 14.2. The van der Waals surface area contributed by atoms with Gasteiger partial charge in [-0.25, -0.2) is 0 Å². The summed E-state index contributed by atoms with van der Waals surface area (Å²) in [5.41, 5.74) is 4.39. The van der Waals surface area contributed by atoms with Gasteiger partial charge in [0.25, 0.3) is 0 Å². The van der Waals surface area contributed by atoms with Crippen LogP contribution in [0.2, 0.25) is 0 Å². The minimum Gasteiger partial charge on any atom is -0.0779 e. The summed E-state index contributed by atoms with van der Waals surface area (Å²) in [5.74, 6) is 0. The van der Waals surface area contributed by atoms with Gasteiger partial charge in [-0.05, 0) is 29.9 Å². The van der Waals surface area contributed by atoms with Crippen LogP contribution in [-0.2, 0) is 0 Å². The summed E-state index contributed by atoms with van der Waals surface area (Å²) < 4.78 is 0. The lowest BCUT2D eigenvalue weighted by Gasteiger charge is -2.22. The first-order chi connectivity index (χ1) is 7.07. The second-order valence-electron chi connectivity index (χ2n) is 5.12. The molecule has 0 fully saturated rings. The summed E-state index contributed by atoms with van der Waals surface area (Å²) >= 11 is 0. The Kier molecular flexibility index (Phi) is 2.52. The molecule has 15 heavy (non-hydrogen) atoms. The molecule has 1 aliphatic carbocycles. The molecule has 0 spiro atoms. The highest BCUT2D eigenvalue weighted by Gasteiger charge is 2.16. The van der Waals surface area contributed by atoms with Gasteiger partial charge in [0, 0.05) is 0 Å². The van der Waals surface area contributed by atoms with Gasteiger partial charge in [0.2, 0.25) is 0 Å². The lowest BCUT2D eigenvalue weighted by molar-refractivity contribution is 0.479. The third-order valence-electron chi connectivity index (χ3n) is 2.85. The van der Waals surface area contributed by atoms with E-state index in [1.54, 1.807) is 0 Å². The Morgan fingerprint density at radius 2 is 1.73 bits per heavy atom. The topological polar surface area (TPSA) is 0 Å². The van der Waals surface area contributed by atoms with E-state index < -0.39 is 0 Å². The van der Waals surface area contributed by atoms with Crippen LogP contribution in [0.15, 0.2) is 35.9 Å². The molecule has 0 nitrogen and oxygen atoms in total. The molecule has 1 aliphatic rings. The monoisotopic (exact) mass is 198 g/mol. The molecular weight excluding hydrogens is 180 g/mol. The molecule has 0 saturated heterocycles. The van der Waals surface area contributed by atoms with Gasteiger partial charge in [0.1, 0.15) is 0 Å². The van der Waals surface area contributed by atoms with Crippen LogP contribution in [0.3, 0.4) is 0 Å². The minimum atomic E-state index is 0.272. The van der Waals surface area contributed by atoms with Gasteiger partial charge in [0.05, 0.1) is 0 Å². The average molecular weight is 198 g/mol. The van der Waals surface area contributed by atoms with Crippen LogP contribution < -0.4 is 0 Å². The first-order valence-electron chi connectivity index (χ1n) is 5.52. The van der Waals surface area contributed by atoms with E-state index in [9.17, 15) is 0 Å². The summed E-state index contributed by atoms with van der Waals surface area (Å²) in [4.78, 5) is 0. The van der Waals surface area contributed by atoms with Crippen LogP contribution in [0, 0.1) is 5.41 Å². The van der Waals surface area contributed by atoms with Crippen molar-refractivity contribution in [1.82, 2.24) is 0 Å². The van der Waals surface area contributed by atoms with Gasteiger partial charge in [-0.1, -0.05) is 61.9 Å². The normalized spacial score (nSPS) is 20.9. The van der Waals surface area contributed by atoms with Crippen LogP contribution in [0.1, 0.15) is 38.3 Å². The average Bonchev–Trinajstić information content (AvgIpc) is 2.13. The van der Waals surface area contributed by atoms with Crippen molar-refractivity contribution in [3.05, 3.63) is 47.0 Å². The Bertz CT molecular complexity index is 419. The fourth-order valence-corrected chi connectivity index (χ4v) is 2.20. The van der Waals surface area contributed by atoms with Crippen LogP contribution in [0.4, 0.5) is 0 Å². The predicted octanol–water partition coefficient (Wildman–Crippen LogP) is 4.53. The molecule has 0 aromatic heterocycles. The Labute approximate surface area is 92.3 Å². The van der Waals surface area contributed by atoms with Crippen molar-refractivity contribution in [3.8, 4) is 0 Å². The Morgan fingerprint density at radius 3 is 2.47 bits per heavy atom. The molecule has 0 heteroatoms. The molecule has 2 rings (SSSR count). The zero-order valence-corrected chi connectivity index (χ0v) is 9.75. The first kappa shape index (κ1) is 10.2.